The number of amides is 3. The van der Waals surface area contributed by atoms with Crippen molar-refractivity contribution in [3.8, 4) is 11.4 Å². The van der Waals surface area contributed by atoms with Crippen LogP contribution in [0.4, 0.5) is 0 Å². The summed E-state index contributed by atoms with van der Waals surface area (Å²) in [6.07, 6.45) is 6.49. The lowest BCUT2D eigenvalue weighted by molar-refractivity contribution is -0.143. The zero-order chi connectivity index (χ0) is 25.1. The van der Waals surface area contributed by atoms with Crippen molar-refractivity contribution < 1.29 is 28.6 Å². The molecule has 1 N–H and O–H groups in total. The molecule has 5 heterocycles. The Hall–Kier alpha value is -3.47. The Morgan fingerprint density at radius 2 is 1.58 bits per heavy atom. The largest absolute Gasteiger partial charge is 0.377 e. The van der Waals surface area contributed by atoms with Gasteiger partial charge in [-0.2, -0.15) is 0 Å². The van der Waals surface area contributed by atoms with E-state index in [1.807, 2.05) is 31.2 Å². The van der Waals surface area contributed by atoms with Crippen molar-refractivity contribution in [1.82, 2.24) is 20.2 Å². The number of nitrogens with zero attached hydrogens (tertiary/aromatic N) is 3. The van der Waals surface area contributed by atoms with E-state index in [2.05, 4.69) is 15.3 Å². The summed E-state index contributed by atoms with van der Waals surface area (Å²) in [5.74, 6) is -1.33. The molecule has 0 aliphatic carbocycles. The predicted molar refractivity (Wildman–Crippen MR) is 128 cm³/mol. The molecule has 5 rings (SSSR count). The number of pyridine rings is 2. The molecule has 4 unspecified atom stereocenters. The van der Waals surface area contributed by atoms with Gasteiger partial charge in [0.1, 0.15) is 0 Å². The zero-order valence-corrected chi connectivity index (χ0v) is 20.0. The number of aromatic nitrogens is 2. The molecule has 36 heavy (non-hydrogen) atoms. The van der Waals surface area contributed by atoms with E-state index in [0.717, 1.165) is 5.56 Å². The lowest BCUT2D eigenvalue weighted by Gasteiger charge is -2.17. The average molecular weight is 493 g/mol. The zero-order valence-electron chi connectivity index (χ0n) is 20.0. The Morgan fingerprint density at radius 3 is 2.28 bits per heavy atom. The van der Waals surface area contributed by atoms with E-state index in [9.17, 15) is 14.4 Å². The summed E-state index contributed by atoms with van der Waals surface area (Å²) in [7, 11) is 0. The van der Waals surface area contributed by atoms with Crippen molar-refractivity contribution in [3.63, 3.8) is 0 Å². The van der Waals surface area contributed by atoms with E-state index in [0.29, 0.717) is 43.3 Å². The van der Waals surface area contributed by atoms with Gasteiger partial charge < -0.3 is 19.5 Å². The second-order valence-corrected chi connectivity index (χ2v) is 8.96. The first-order valence-corrected chi connectivity index (χ1v) is 12.0. The van der Waals surface area contributed by atoms with Gasteiger partial charge in [-0.3, -0.25) is 29.3 Å². The van der Waals surface area contributed by atoms with Gasteiger partial charge in [-0.1, -0.05) is 12.2 Å². The standard InChI is InChI=1S/C26H28N4O6/c1-16-4-6-27-18(14-16)19-15-17(5-7-28-19)24(31)29-8-10-34-12-13-35-11-9-30-25(32)22-20-2-3-21(36-20)23(22)26(30)33/h2-7,14-15,20-23H,8-13H2,1H3,(H,29,31). The Bertz CT molecular complexity index is 1150. The number of carbonyl (C=O) groups excluding carboxylic acids is 3. The van der Waals surface area contributed by atoms with Gasteiger partial charge in [0.25, 0.3) is 5.91 Å². The summed E-state index contributed by atoms with van der Waals surface area (Å²) in [4.78, 5) is 47.5. The highest BCUT2D eigenvalue weighted by molar-refractivity contribution is 6.06. The fourth-order valence-electron chi connectivity index (χ4n) is 4.79. The van der Waals surface area contributed by atoms with Crippen LogP contribution in [0, 0.1) is 18.8 Å². The van der Waals surface area contributed by atoms with Crippen LogP contribution in [0.25, 0.3) is 11.4 Å². The molecular weight excluding hydrogens is 464 g/mol. The monoisotopic (exact) mass is 492 g/mol. The van der Waals surface area contributed by atoms with Gasteiger partial charge in [0.2, 0.25) is 11.8 Å². The molecule has 3 aliphatic heterocycles. The quantitative estimate of drug-likeness (QED) is 0.282. The SMILES string of the molecule is Cc1ccnc(-c2cc(C(=O)NCCOCCOCCN3C(=O)C4C5C=CC(O5)C4C3=O)ccn2)c1. The Balaban J connectivity index is 0.956. The third-order valence-corrected chi connectivity index (χ3v) is 6.57. The highest BCUT2D eigenvalue weighted by atomic mass is 16.5. The van der Waals surface area contributed by atoms with Crippen molar-refractivity contribution in [3.05, 3.63) is 59.9 Å². The fourth-order valence-corrected chi connectivity index (χ4v) is 4.79. The first-order valence-electron chi connectivity index (χ1n) is 12.0. The van der Waals surface area contributed by atoms with Crippen LogP contribution in [0.2, 0.25) is 0 Å². The minimum atomic E-state index is -0.385. The lowest BCUT2D eigenvalue weighted by Crippen LogP contribution is -2.37. The predicted octanol–water partition coefficient (Wildman–Crippen LogP) is 1.15. The molecule has 3 amide bonds. The van der Waals surface area contributed by atoms with Crippen molar-refractivity contribution in [1.29, 1.82) is 0 Å². The summed E-state index contributed by atoms with van der Waals surface area (Å²) in [6.45, 7) is 3.79. The lowest BCUT2D eigenvalue weighted by atomic mass is 9.85. The molecular formula is C26H28N4O6. The van der Waals surface area contributed by atoms with Gasteiger partial charge in [0, 0.05) is 24.5 Å². The van der Waals surface area contributed by atoms with Crippen LogP contribution in [0.15, 0.2) is 48.8 Å². The minimum Gasteiger partial charge on any atom is -0.377 e. The number of carbonyl (C=O) groups is 3. The normalized spacial score (nSPS) is 24.0. The smallest absolute Gasteiger partial charge is 0.251 e. The van der Waals surface area contributed by atoms with Crippen molar-refractivity contribution >= 4 is 17.7 Å². The van der Waals surface area contributed by atoms with E-state index < -0.39 is 0 Å². The first kappa shape index (κ1) is 24.2. The molecule has 188 valence electrons. The Morgan fingerprint density at radius 1 is 0.944 bits per heavy atom. The molecule has 10 heteroatoms. The van der Waals surface area contributed by atoms with Crippen LogP contribution in [-0.4, -0.2) is 84.3 Å². The number of likely N-dealkylation sites (tertiary alicyclic amines) is 1. The summed E-state index contributed by atoms with van der Waals surface area (Å²) in [5.41, 5.74) is 2.92. The van der Waals surface area contributed by atoms with Crippen molar-refractivity contribution in [2.75, 3.05) is 39.5 Å². The Kier molecular flexibility index (Phi) is 7.17. The van der Waals surface area contributed by atoms with Gasteiger partial charge in [0.15, 0.2) is 0 Å². The van der Waals surface area contributed by atoms with E-state index >= 15 is 0 Å². The fraction of sp³-hybridized carbons (Fsp3) is 0.423. The van der Waals surface area contributed by atoms with Crippen molar-refractivity contribution in [2.45, 2.75) is 19.1 Å². The number of nitrogens with one attached hydrogen (secondary N) is 1. The highest BCUT2D eigenvalue weighted by Gasteiger charge is 2.60. The second kappa shape index (κ2) is 10.7. The summed E-state index contributed by atoms with van der Waals surface area (Å²) < 4.78 is 16.7. The second-order valence-electron chi connectivity index (χ2n) is 8.96. The molecule has 3 aliphatic rings. The highest BCUT2D eigenvalue weighted by Crippen LogP contribution is 2.44. The number of ether oxygens (including phenoxy) is 3. The maximum Gasteiger partial charge on any atom is 0.251 e. The molecule has 2 bridgehead atoms. The summed E-state index contributed by atoms with van der Waals surface area (Å²) in [5, 5.41) is 2.82. The van der Waals surface area contributed by atoms with Crippen LogP contribution in [0.1, 0.15) is 15.9 Å². The van der Waals surface area contributed by atoms with E-state index in [1.165, 1.54) is 4.90 Å². The van der Waals surface area contributed by atoms with Gasteiger partial charge in [-0.05, 0) is 36.8 Å². The van der Waals surface area contributed by atoms with Crippen LogP contribution in [0.3, 0.4) is 0 Å². The van der Waals surface area contributed by atoms with Gasteiger partial charge in [-0.15, -0.1) is 0 Å². The van der Waals surface area contributed by atoms with Gasteiger partial charge >= 0.3 is 0 Å². The molecule has 2 aromatic heterocycles. The summed E-state index contributed by atoms with van der Waals surface area (Å²) in [6, 6.07) is 7.19. The topological polar surface area (TPSA) is 120 Å². The third-order valence-electron chi connectivity index (χ3n) is 6.57. The molecule has 0 radical (unpaired) electrons. The maximum atomic E-state index is 12.6. The first-order chi connectivity index (χ1) is 17.5. The molecule has 2 saturated heterocycles. The van der Waals surface area contributed by atoms with Gasteiger partial charge in [-0.25, -0.2) is 0 Å². The van der Waals surface area contributed by atoms with Crippen LogP contribution >= 0.6 is 0 Å². The van der Waals surface area contributed by atoms with Crippen LogP contribution < -0.4 is 5.32 Å². The number of hydrogen-bond acceptors (Lipinski definition) is 8. The molecule has 2 fully saturated rings. The van der Waals surface area contributed by atoms with Crippen LogP contribution in [0.5, 0.6) is 0 Å². The van der Waals surface area contributed by atoms with Gasteiger partial charge in [0.05, 0.1) is 68.4 Å². The third kappa shape index (κ3) is 4.92. The van der Waals surface area contributed by atoms with E-state index in [1.54, 1.807) is 24.5 Å². The molecule has 0 aromatic carbocycles. The maximum absolute atomic E-state index is 12.6. The number of aryl methyl sites for hydroxylation is 1. The minimum absolute atomic E-state index is 0.172. The number of rotatable bonds is 11. The number of hydrogen-bond donors (Lipinski definition) is 1. The Labute approximate surface area is 208 Å². The molecule has 2 aromatic rings. The number of fused-ring (bicyclic) bond motifs is 5. The van der Waals surface area contributed by atoms with Crippen molar-refractivity contribution in [2.24, 2.45) is 11.8 Å². The van der Waals surface area contributed by atoms with E-state index in [-0.39, 0.29) is 54.9 Å². The van der Waals surface area contributed by atoms with Crippen LogP contribution in [-0.2, 0) is 23.8 Å². The van der Waals surface area contributed by atoms with E-state index in [4.69, 9.17) is 14.2 Å². The summed E-state index contributed by atoms with van der Waals surface area (Å²) >= 11 is 0. The number of imide groups is 1. The molecule has 4 atom stereocenters. The molecule has 10 nitrogen and oxygen atoms in total. The molecule has 0 saturated carbocycles. The average Bonchev–Trinajstić information content (AvgIpc) is 3.57. The molecule has 0 spiro atoms.